The molecule has 6 nitrogen and oxygen atoms in total. The van der Waals surface area contributed by atoms with Crippen molar-refractivity contribution < 1.29 is 14.3 Å². The molecular weight excluding hydrogens is 422 g/mol. The summed E-state index contributed by atoms with van der Waals surface area (Å²) in [5.41, 5.74) is 2.84. The molecule has 1 aliphatic rings. The van der Waals surface area contributed by atoms with Crippen LogP contribution in [-0.2, 0) is 14.3 Å². The number of rotatable bonds is 11. The number of benzene rings is 1. The Hall–Kier alpha value is -2.41. The van der Waals surface area contributed by atoms with E-state index in [0.717, 1.165) is 24.1 Å². The van der Waals surface area contributed by atoms with Gasteiger partial charge in [-0.25, -0.2) is 4.79 Å². The number of allylic oxidation sites excluding steroid dienone is 1. The topological polar surface area (TPSA) is 70.7 Å². The van der Waals surface area contributed by atoms with Gasteiger partial charge in [-0.2, -0.15) is 0 Å². The SMILES string of the molecule is CCCCCCCC(=O)Nc1cccc(C2NC(=S)N(C)C(C)=C2C(=O)OCC(C)C)c1. The summed E-state index contributed by atoms with van der Waals surface area (Å²) in [7, 11) is 1.83. The van der Waals surface area contributed by atoms with Crippen molar-refractivity contribution in [1.29, 1.82) is 0 Å². The van der Waals surface area contributed by atoms with Crippen molar-refractivity contribution in [2.45, 2.75) is 72.3 Å². The zero-order chi connectivity index (χ0) is 23.7. The molecule has 0 aromatic heterocycles. The molecule has 1 unspecified atom stereocenters. The Morgan fingerprint density at radius 2 is 1.94 bits per heavy atom. The molecule has 2 N–H and O–H groups in total. The van der Waals surface area contributed by atoms with E-state index in [1.54, 1.807) is 4.90 Å². The van der Waals surface area contributed by atoms with Crippen LogP contribution in [0.3, 0.4) is 0 Å². The van der Waals surface area contributed by atoms with Gasteiger partial charge in [0.2, 0.25) is 5.91 Å². The first-order valence-electron chi connectivity index (χ1n) is 11.6. The molecule has 1 aliphatic heterocycles. The second-order valence-corrected chi connectivity index (χ2v) is 9.16. The number of thiocarbonyl (C=S) groups is 1. The number of nitrogens with one attached hydrogen (secondary N) is 2. The largest absolute Gasteiger partial charge is 0.462 e. The van der Waals surface area contributed by atoms with Gasteiger partial charge in [0, 0.05) is 24.9 Å². The van der Waals surface area contributed by atoms with Crippen LogP contribution in [0.2, 0.25) is 0 Å². The molecule has 2 rings (SSSR count). The van der Waals surface area contributed by atoms with Gasteiger partial charge in [0.1, 0.15) is 0 Å². The second kappa shape index (κ2) is 12.6. The summed E-state index contributed by atoms with van der Waals surface area (Å²) in [4.78, 5) is 27.1. The number of nitrogens with zero attached hydrogens (tertiary/aromatic N) is 1. The maximum absolute atomic E-state index is 12.9. The Balaban J connectivity index is 2.16. The van der Waals surface area contributed by atoms with Crippen molar-refractivity contribution in [2.24, 2.45) is 5.92 Å². The van der Waals surface area contributed by atoms with E-state index in [2.05, 4.69) is 17.6 Å². The molecule has 0 aliphatic carbocycles. The lowest BCUT2D eigenvalue weighted by atomic mass is 9.94. The molecule has 1 atom stereocenters. The Bertz CT molecular complexity index is 851. The minimum atomic E-state index is -0.441. The third-order valence-corrected chi connectivity index (χ3v) is 5.92. The zero-order valence-electron chi connectivity index (χ0n) is 20.0. The number of anilines is 1. The fourth-order valence-electron chi connectivity index (χ4n) is 3.58. The quantitative estimate of drug-likeness (QED) is 0.265. The average Bonchev–Trinajstić information content (AvgIpc) is 2.75. The summed E-state index contributed by atoms with van der Waals surface area (Å²) in [6.07, 6.45) is 6.05. The third kappa shape index (κ3) is 7.33. The Labute approximate surface area is 197 Å². The summed E-state index contributed by atoms with van der Waals surface area (Å²) in [6.45, 7) is 8.41. The van der Waals surface area contributed by atoms with Crippen LogP contribution in [0, 0.1) is 5.92 Å². The lowest BCUT2D eigenvalue weighted by Crippen LogP contribution is -2.46. The van der Waals surface area contributed by atoms with Gasteiger partial charge in [-0.3, -0.25) is 4.79 Å². The number of ether oxygens (including phenoxy) is 1. The van der Waals surface area contributed by atoms with E-state index in [4.69, 9.17) is 17.0 Å². The Kier molecular flexibility index (Phi) is 10.2. The molecule has 1 aromatic rings. The molecule has 0 fully saturated rings. The van der Waals surface area contributed by atoms with Gasteiger partial charge >= 0.3 is 5.97 Å². The predicted molar refractivity (Wildman–Crippen MR) is 133 cm³/mol. The Morgan fingerprint density at radius 3 is 2.62 bits per heavy atom. The smallest absolute Gasteiger partial charge is 0.338 e. The summed E-state index contributed by atoms with van der Waals surface area (Å²) >= 11 is 5.47. The fraction of sp³-hybridized carbons (Fsp3) is 0.560. The molecule has 1 amide bonds. The highest BCUT2D eigenvalue weighted by Gasteiger charge is 2.33. The predicted octanol–water partition coefficient (Wildman–Crippen LogP) is 5.32. The van der Waals surface area contributed by atoms with Crippen molar-refractivity contribution >= 4 is 34.9 Å². The monoisotopic (exact) mass is 459 g/mol. The second-order valence-electron chi connectivity index (χ2n) is 8.77. The number of amides is 1. The van der Waals surface area contributed by atoms with Crippen LogP contribution >= 0.6 is 12.2 Å². The number of hydrogen-bond acceptors (Lipinski definition) is 4. The minimum Gasteiger partial charge on any atom is -0.462 e. The number of carbonyl (C=O) groups excluding carboxylic acids is 2. The van der Waals surface area contributed by atoms with Gasteiger partial charge < -0.3 is 20.3 Å². The summed E-state index contributed by atoms with van der Waals surface area (Å²) in [5, 5.41) is 6.77. The normalized spacial score (nSPS) is 16.2. The van der Waals surface area contributed by atoms with E-state index in [9.17, 15) is 9.59 Å². The van der Waals surface area contributed by atoms with Crippen LogP contribution in [0.25, 0.3) is 0 Å². The van der Waals surface area contributed by atoms with E-state index < -0.39 is 6.04 Å². The molecule has 0 bridgehead atoms. The van der Waals surface area contributed by atoms with Crippen molar-refractivity contribution in [3.05, 3.63) is 41.1 Å². The van der Waals surface area contributed by atoms with Gasteiger partial charge in [-0.15, -0.1) is 0 Å². The molecule has 7 heteroatoms. The van der Waals surface area contributed by atoms with Crippen molar-refractivity contribution in [2.75, 3.05) is 19.0 Å². The number of hydrogen-bond donors (Lipinski definition) is 2. The van der Waals surface area contributed by atoms with E-state index in [-0.39, 0.29) is 17.8 Å². The van der Waals surface area contributed by atoms with E-state index in [1.807, 2.05) is 52.1 Å². The maximum atomic E-state index is 12.9. The van der Waals surface area contributed by atoms with Gasteiger partial charge in [-0.05, 0) is 49.2 Å². The van der Waals surface area contributed by atoms with E-state index in [1.165, 1.54) is 19.3 Å². The summed E-state index contributed by atoms with van der Waals surface area (Å²) in [6, 6.07) is 7.11. The van der Waals surface area contributed by atoms with Gasteiger partial charge in [0.25, 0.3) is 0 Å². The highest BCUT2D eigenvalue weighted by atomic mass is 32.1. The molecule has 0 saturated heterocycles. The molecule has 0 radical (unpaired) electrons. The van der Waals surface area contributed by atoms with Crippen LogP contribution < -0.4 is 10.6 Å². The lowest BCUT2D eigenvalue weighted by Gasteiger charge is -2.35. The summed E-state index contributed by atoms with van der Waals surface area (Å²) in [5.74, 6) is -0.104. The van der Waals surface area contributed by atoms with Crippen molar-refractivity contribution in [3.63, 3.8) is 0 Å². The van der Waals surface area contributed by atoms with E-state index in [0.29, 0.717) is 29.4 Å². The highest BCUT2D eigenvalue weighted by molar-refractivity contribution is 7.80. The van der Waals surface area contributed by atoms with Crippen LogP contribution in [0.4, 0.5) is 5.69 Å². The van der Waals surface area contributed by atoms with Gasteiger partial charge in [0.05, 0.1) is 18.2 Å². The van der Waals surface area contributed by atoms with Crippen molar-refractivity contribution in [3.8, 4) is 0 Å². The first-order valence-corrected chi connectivity index (χ1v) is 12.0. The molecule has 1 aromatic carbocycles. The van der Waals surface area contributed by atoms with Crippen LogP contribution in [-0.4, -0.2) is 35.5 Å². The molecule has 0 spiro atoms. The molecule has 32 heavy (non-hydrogen) atoms. The molecule has 176 valence electrons. The minimum absolute atomic E-state index is 0.00814. The van der Waals surface area contributed by atoms with Crippen LogP contribution in [0.15, 0.2) is 35.5 Å². The number of unbranched alkanes of at least 4 members (excludes halogenated alkanes) is 4. The van der Waals surface area contributed by atoms with Crippen LogP contribution in [0.1, 0.15) is 77.8 Å². The maximum Gasteiger partial charge on any atom is 0.338 e. The van der Waals surface area contributed by atoms with Gasteiger partial charge in [0.15, 0.2) is 5.11 Å². The standard InChI is InChI=1S/C25H37N3O3S/c1-6-7-8-9-10-14-21(29)26-20-13-11-12-19(15-20)23-22(24(30)31-16-17(2)3)18(4)28(5)25(32)27-23/h11-13,15,17,23H,6-10,14,16H2,1-5H3,(H,26,29)(H,27,32). The third-order valence-electron chi connectivity index (χ3n) is 5.53. The molecule has 0 saturated carbocycles. The van der Waals surface area contributed by atoms with Gasteiger partial charge in [-0.1, -0.05) is 58.6 Å². The number of esters is 1. The van der Waals surface area contributed by atoms with Crippen molar-refractivity contribution in [1.82, 2.24) is 10.2 Å². The highest BCUT2D eigenvalue weighted by Crippen LogP contribution is 2.32. The molecule has 1 heterocycles. The van der Waals surface area contributed by atoms with E-state index >= 15 is 0 Å². The molecular formula is C25H37N3O3S. The average molecular weight is 460 g/mol. The zero-order valence-corrected chi connectivity index (χ0v) is 20.8. The fourth-order valence-corrected chi connectivity index (χ4v) is 3.83. The van der Waals surface area contributed by atoms with Crippen LogP contribution in [0.5, 0.6) is 0 Å². The number of carbonyl (C=O) groups is 2. The first-order chi connectivity index (χ1) is 15.2. The lowest BCUT2D eigenvalue weighted by molar-refractivity contribution is -0.140. The summed E-state index contributed by atoms with van der Waals surface area (Å²) < 4.78 is 5.54. The Morgan fingerprint density at radius 1 is 1.22 bits per heavy atom. The first kappa shape index (κ1) is 25.8.